The molecule has 20 heavy (non-hydrogen) atoms. The minimum Gasteiger partial charge on any atom is -0.398 e. The molecule has 1 unspecified atom stereocenters. The van der Waals surface area contributed by atoms with Crippen LogP contribution in [0.25, 0.3) is 0 Å². The predicted octanol–water partition coefficient (Wildman–Crippen LogP) is 3.38. The first-order valence-corrected chi connectivity index (χ1v) is 7.49. The molecule has 0 spiro atoms. The molecule has 4 nitrogen and oxygen atoms in total. The van der Waals surface area contributed by atoms with E-state index in [4.69, 9.17) is 11.5 Å². The summed E-state index contributed by atoms with van der Waals surface area (Å²) in [7, 11) is 0. The molecule has 2 aromatic rings. The predicted molar refractivity (Wildman–Crippen MR) is 85.0 cm³/mol. The van der Waals surface area contributed by atoms with E-state index in [0.717, 1.165) is 18.5 Å². The normalized spacial score (nSPS) is 12.1. The van der Waals surface area contributed by atoms with E-state index in [1.807, 2.05) is 12.1 Å². The largest absolute Gasteiger partial charge is 0.398 e. The molecule has 0 aliphatic carbocycles. The van der Waals surface area contributed by atoms with Gasteiger partial charge in [0.05, 0.1) is 11.6 Å². The minimum atomic E-state index is -0.505. The highest BCUT2D eigenvalue weighted by Crippen LogP contribution is 2.28. The van der Waals surface area contributed by atoms with Crippen LogP contribution in [0.4, 0.5) is 11.4 Å². The number of hydrogen-bond acceptors (Lipinski definition) is 4. The van der Waals surface area contributed by atoms with Gasteiger partial charge in [0, 0.05) is 16.3 Å². The summed E-state index contributed by atoms with van der Waals surface area (Å²) in [6, 6.07) is 9.70. The summed E-state index contributed by atoms with van der Waals surface area (Å²) in [4.78, 5) is 12.6. The number of hydrogen-bond donors (Lipinski definition) is 3. The Hall–Kier alpha value is -2.01. The molecule has 1 atom stereocenters. The second-order valence-electron chi connectivity index (χ2n) is 4.67. The van der Waals surface area contributed by atoms with Gasteiger partial charge in [0.1, 0.15) is 0 Å². The Bertz CT molecular complexity index is 581. The van der Waals surface area contributed by atoms with Crippen molar-refractivity contribution in [2.45, 2.75) is 25.8 Å². The molecule has 5 N–H and O–H groups in total. The Morgan fingerprint density at radius 1 is 1.40 bits per heavy atom. The van der Waals surface area contributed by atoms with Crippen molar-refractivity contribution in [2.75, 3.05) is 11.1 Å². The summed E-state index contributed by atoms with van der Waals surface area (Å²) in [5.41, 5.74) is 12.7. The molecule has 0 fully saturated rings. The fourth-order valence-corrected chi connectivity index (χ4v) is 2.94. The quantitative estimate of drug-likeness (QED) is 0.713. The van der Waals surface area contributed by atoms with Gasteiger partial charge in [0.15, 0.2) is 0 Å². The van der Waals surface area contributed by atoms with E-state index in [0.29, 0.717) is 11.3 Å². The fourth-order valence-electron chi connectivity index (χ4n) is 2.12. The zero-order chi connectivity index (χ0) is 14.5. The summed E-state index contributed by atoms with van der Waals surface area (Å²) in [6.45, 7) is 2.15. The van der Waals surface area contributed by atoms with E-state index in [1.54, 1.807) is 23.5 Å². The number of nitrogen functional groups attached to an aromatic ring is 1. The molecule has 0 bridgehead atoms. The highest BCUT2D eigenvalue weighted by atomic mass is 32.1. The molecule has 1 aromatic carbocycles. The number of amides is 1. The summed E-state index contributed by atoms with van der Waals surface area (Å²) in [6.07, 6.45) is 2.10. The van der Waals surface area contributed by atoms with Gasteiger partial charge in [0.25, 0.3) is 5.91 Å². The number of carbonyl (C=O) groups is 1. The second-order valence-corrected chi connectivity index (χ2v) is 5.65. The molecule has 0 radical (unpaired) electrons. The van der Waals surface area contributed by atoms with Gasteiger partial charge in [-0.3, -0.25) is 4.79 Å². The molecule has 0 aliphatic rings. The van der Waals surface area contributed by atoms with Gasteiger partial charge >= 0.3 is 0 Å². The van der Waals surface area contributed by atoms with Crippen molar-refractivity contribution in [3.8, 4) is 0 Å². The Morgan fingerprint density at radius 3 is 2.80 bits per heavy atom. The summed E-state index contributed by atoms with van der Waals surface area (Å²) >= 11 is 1.73. The fraction of sp³-hybridized carbons (Fsp3) is 0.267. The van der Waals surface area contributed by atoms with Gasteiger partial charge in [-0.2, -0.15) is 0 Å². The Kier molecular flexibility index (Phi) is 4.63. The lowest BCUT2D eigenvalue weighted by atomic mass is 10.1. The van der Waals surface area contributed by atoms with Crippen LogP contribution in [0.1, 0.15) is 41.0 Å². The maximum Gasteiger partial charge on any atom is 0.250 e. The number of benzene rings is 1. The molecule has 0 aliphatic heterocycles. The lowest BCUT2D eigenvalue weighted by molar-refractivity contribution is 0.100. The summed E-state index contributed by atoms with van der Waals surface area (Å²) in [5.74, 6) is -0.505. The average Bonchev–Trinajstić information content (AvgIpc) is 2.94. The van der Waals surface area contributed by atoms with Crippen molar-refractivity contribution in [3.63, 3.8) is 0 Å². The number of nitrogens with one attached hydrogen (secondary N) is 1. The molecule has 106 valence electrons. The SMILES string of the molecule is CCCC(Nc1ccc(N)c(C(N)=O)c1)c1cccs1. The lowest BCUT2D eigenvalue weighted by Crippen LogP contribution is -2.15. The van der Waals surface area contributed by atoms with E-state index in [2.05, 4.69) is 23.7 Å². The van der Waals surface area contributed by atoms with Crippen LogP contribution in [0.3, 0.4) is 0 Å². The van der Waals surface area contributed by atoms with Crippen molar-refractivity contribution in [1.29, 1.82) is 0 Å². The first-order valence-electron chi connectivity index (χ1n) is 6.61. The van der Waals surface area contributed by atoms with Crippen LogP contribution in [0.2, 0.25) is 0 Å². The van der Waals surface area contributed by atoms with Gasteiger partial charge in [-0.05, 0) is 36.1 Å². The molecular formula is C15H19N3OS. The second kappa shape index (κ2) is 6.43. The van der Waals surface area contributed by atoms with Crippen LogP contribution in [-0.2, 0) is 0 Å². The Morgan fingerprint density at radius 2 is 2.20 bits per heavy atom. The molecule has 0 saturated carbocycles. The first kappa shape index (κ1) is 14.4. The van der Waals surface area contributed by atoms with Crippen molar-refractivity contribution < 1.29 is 4.79 Å². The lowest BCUT2D eigenvalue weighted by Gasteiger charge is -2.19. The molecule has 0 saturated heterocycles. The zero-order valence-electron chi connectivity index (χ0n) is 11.4. The summed E-state index contributed by atoms with van der Waals surface area (Å²) < 4.78 is 0. The van der Waals surface area contributed by atoms with Crippen LogP contribution < -0.4 is 16.8 Å². The minimum absolute atomic E-state index is 0.240. The van der Waals surface area contributed by atoms with Crippen molar-refractivity contribution >= 4 is 28.6 Å². The molecule has 5 heteroatoms. The zero-order valence-corrected chi connectivity index (χ0v) is 12.2. The van der Waals surface area contributed by atoms with Gasteiger partial charge < -0.3 is 16.8 Å². The standard InChI is InChI=1S/C15H19N3OS/c1-2-4-13(14-5-3-8-20-14)18-10-6-7-12(16)11(9-10)15(17)19/h3,5-9,13,18H,2,4,16H2,1H3,(H2,17,19). The number of carbonyl (C=O) groups excluding carboxylic acids is 1. The van der Waals surface area contributed by atoms with Crippen LogP contribution in [0.5, 0.6) is 0 Å². The third kappa shape index (κ3) is 3.30. The smallest absolute Gasteiger partial charge is 0.250 e. The maximum absolute atomic E-state index is 11.3. The number of nitrogens with two attached hydrogens (primary N) is 2. The van der Waals surface area contributed by atoms with Gasteiger partial charge in [-0.15, -0.1) is 11.3 Å². The highest BCUT2D eigenvalue weighted by molar-refractivity contribution is 7.10. The van der Waals surface area contributed by atoms with E-state index in [-0.39, 0.29) is 6.04 Å². The number of anilines is 2. The highest BCUT2D eigenvalue weighted by Gasteiger charge is 2.13. The van der Waals surface area contributed by atoms with Crippen molar-refractivity contribution in [1.82, 2.24) is 0 Å². The van der Waals surface area contributed by atoms with E-state index in [1.165, 1.54) is 4.88 Å². The summed E-state index contributed by atoms with van der Waals surface area (Å²) in [5, 5.41) is 5.52. The Balaban J connectivity index is 2.23. The van der Waals surface area contributed by atoms with Gasteiger partial charge in [0.2, 0.25) is 0 Å². The van der Waals surface area contributed by atoms with Crippen molar-refractivity contribution in [3.05, 3.63) is 46.2 Å². The molecule has 2 rings (SSSR count). The first-order chi connectivity index (χ1) is 9.61. The van der Waals surface area contributed by atoms with E-state index < -0.39 is 5.91 Å². The van der Waals surface area contributed by atoms with Crippen LogP contribution in [-0.4, -0.2) is 5.91 Å². The monoisotopic (exact) mass is 289 g/mol. The van der Waals surface area contributed by atoms with Crippen molar-refractivity contribution in [2.24, 2.45) is 5.73 Å². The molecule has 1 amide bonds. The Labute approximate surface area is 122 Å². The van der Waals surface area contributed by atoms with E-state index >= 15 is 0 Å². The van der Waals surface area contributed by atoms with Crippen LogP contribution in [0, 0.1) is 0 Å². The topological polar surface area (TPSA) is 81.1 Å². The van der Waals surface area contributed by atoms with Gasteiger partial charge in [-0.25, -0.2) is 0 Å². The molecule has 1 aromatic heterocycles. The van der Waals surface area contributed by atoms with Crippen LogP contribution in [0.15, 0.2) is 35.7 Å². The number of primary amides is 1. The average molecular weight is 289 g/mol. The maximum atomic E-state index is 11.3. The third-order valence-corrected chi connectivity index (χ3v) is 4.11. The van der Waals surface area contributed by atoms with Gasteiger partial charge in [-0.1, -0.05) is 19.4 Å². The third-order valence-electron chi connectivity index (χ3n) is 3.12. The number of rotatable bonds is 6. The molecular weight excluding hydrogens is 270 g/mol. The van der Waals surface area contributed by atoms with Crippen LogP contribution >= 0.6 is 11.3 Å². The van der Waals surface area contributed by atoms with E-state index in [9.17, 15) is 4.79 Å². The molecule has 1 heterocycles. The number of thiophene rings is 1.